The average molecular weight is 516 g/mol. The molecule has 0 aromatic heterocycles. The minimum atomic E-state index is -4.37. The van der Waals surface area contributed by atoms with Gasteiger partial charge >= 0.3 is 6.18 Å². The van der Waals surface area contributed by atoms with E-state index in [9.17, 15) is 13.2 Å². The van der Waals surface area contributed by atoms with Gasteiger partial charge in [0.25, 0.3) is 0 Å². The zero-order valence-electron chi connectivity index (χ0n) is 21.3. The number of aliphatic imine (C=N–C) groups is 2. The lowest BCUT2D eigenvalue weighted by Gasteiger charge is -2.18. The fourth-order valence-corrected chi connectivity index (χ4v) is 4.15. The Morgan fingerprint density at radius 3 is 2.50 bits per heavy atom. The van der Waals surface area contributed by atoms with Crippen LogP contribution in [0.15, 0.2) is 90.6 Å². The summed E-state index contributed by atoms with van der Waals surface area (Å²) in [5.41, 5.74) is 6.25. The molecule has 36 heavy (non-hydrogen) atoms. The van der Waals surface area contributed by atoms with Crippen LogP contribution >= 0.6 is 11.6 Å². The fourth-order valence-electron chi connectivity index (χ4n) is 3.89. The summed E-state index contributed by atoms with van der Waals surface area (Å²) in [5.74, 6) is 0. The van der Waals surface area contributed by atoms with E-state index >= 15 is 0 Å². The highest BCUT2D eigenvalue weighted by atomic mass is 35.5. The van der Waals surface area contributed by atoms with Crippen LogP contribution in [-0.2, 0) is 0 Å². The summed E-state index contributed by atoms with van der Waals surface area (Å²) in [6, 6.07) is 2.12. The first kappa shape index (κ1) is 29.3. The Kier molecular flexibility index (Phi) is 11.4. The summed E-state index contributed by atoms with van der Waals surface area (Å²) >= 11 is 6.66. The molecule has 0 atom stereocenters. The number of allylic oxidation sites excluding steroid dienone is 11. The van der Waals surface area contributed by atoms with Gasteiger partial charge in [-0.15, -0.1) is 0 Å². The second kappa shape index (κ2) is 14.0. The molecule has 0 N–H and O–H groups in total. The zero-order chi connectivity index (χ0) is 26.7. The smallest absolute Gasteiger partial charge is 0.288 e. The second-order valence-electron chi connectivity index (χ2n) is 9.10. The van der Waals surface area contributed by atoms with Gasteiger partial charge in [-0.2, -0.15) is 18.4 Å². The predicted octanol–water partition coefficient (Wildman–Crippen LogP) is 9.04. The van der Waals surface area contributed by atoms with Gasteiger partial charge in [-0.3, -0.25) is 9.98 Å². The van der Waals surface area contributed by atoms with Crippen molar-refractivity contribution in [1.29, 1.82) is 5.26 Å². The molecule has 0 saturated carbocycles. The topological polar surface area (TPSA) is 48.5 Å². The molecule has 2 rings (SSSR count). The van der Waals surface area contributed by atoms with Gasteiger partial charge in [0, 0.05) is 29.4 Å². The number of nitriles is 1. The van der Waals surface area contributed by atoms with Crippen LogP contribution in [0.3, 0.4) is 0 Å². The minimum Gasteiger partial charge on any atom is -0.288 e. The molecule has 0 spiro atoms. The highest BCUT2D eigenvalue weighted by Crippen LogP contribution is 2.32. The highest BCUT2D eigenvalue weighted by molar-refractivity contribution is 6.31. The largest absolute Gasteiger partial charge is 0.429 e. The first-order chi connectivity index (χ1) is 17.0. The Balaban J connectivity index is 2.07. The molecule has 2 heterocycles. The van der Waals surface area contributed by atoms with Gasteiger partial charge in [-0.1, -0.05) is 47.1 Å². The minimum absolute atomic E-state index is 0.108. The molecule has 0 radical (unpaired) electrons. The van der Waals surface area contributed by atoms with Crippen LogP contribution in [0.2, 0.25) is 0 Å². The highest BCUT2D eigenvalue weighted by Gasteiger charge is 2.35. The summed E-state index contributed by atoms with van der Waals surface area (Å²) in [5, 5.41) is 9.50. The maximum atomic E-state index is 12.8. The van der Waals surface area contributed by atoms with Crippen molar-refractivity contribution in [3.63, 3.8) is 0 Å². The Hall–Kier alpha value is -2.91. The average Bonchev–Trinajstić information content (AvgIpc) is 2.83. The van der Waals surface area contributed by atoms with E-state index in [0.29, 0.717) is 36.4 Å². The molecule has 3 nitrogen and oxygen atoms in total. The van der Waals surface area contributed by atoms with E-state index in [-0.39, 0.29) is 6.42 Å². The van der Waals surface area contributed by atoms with E-state index < -0.39 is 11.9 Å². The molecule has 0 bridgehead atoms. The van der Waals surface area contributed by atoms with Gasteiger partial charge < -0.3 is 0 Å². The Labute approximate surface area is 217 Å². The fraction of sp³-hybridized carbons (Fsp3) is 0.414. The maximum Gasteiger partial charge on any atom is 0.429 e. The van der Waals surface area contributed by atoms with Gasteiger partial charge in [-0.25, -0.2) is 0 Å². The van der Waals surface area contributed by atoms with E-state index in [4.69, 9.17) is 16.9 Å². The van der Waals surface area contributed by atoms with Gasteiger partial charge in [0.2, 0.25) is 0 Å². The first-order valence-electron chi connectivity index (χ1n) is 12.0. The number of rotatable bonds is 7. The van der Waals surface area contributed by atoms with Crippen molar-refractivity contribution in [3.8, 4) is 6.07 Å². The number of nitrogens with zero attached hydrogens (tertiary/aromatic N) is 3. The van der Waals surface area contributed by atoms with E-state index in [0.717, 1.165) is 35.1 Å². The van der Waals surface area contributed by atoms with Crippen LogP contribution in [0.25, 0.3) is 0 Å². The molecule has 0 saturated heterocycles. The lowest BCUT2D eigenvalue weighted by molar-refractivity contribution is -0.0606. The summed E-state index contributed by atoms with van der Waals surface area (Å²) in [6.07, 6.45) is 11.7. The second-order valence-corrected chi connectivity index (χ2v) is 9.55. The maximum absolute atomic E-state index is 12.8. The summed E-state index contributed by atoms with van der Waals surface area (Å²) in [6.45, 7) is 8.43. The van der Waals surface area contributed by atoms with Crippen molar-refractivity contribution in [2.75, 3.05) is 6.54 Å². The van der Waals surface area contributed by atoms with Crippen molar-refractivity contribution in [3.05, 3.63) is 80.6 Å². The van der Waals surface area contributed by atoms with Gasteiger partial charge in [0.1, 0.15) is 5.71 Å². The third-order valence-electron chi connectivity index (χ3n) is 5.98. The Morgan fingerprint density at radius 2 is 1.89 bits per heavy atom. The molecule has 0 unspecified atom stereocenters. The monoisotopic (exact) mass is 515 g/mol. The van der Waals surface area contributed by atoms with Crippen LogP contribution in [0.5, 0.6) is 0 Å². The first-order valence-corrected chi connectivity index (χ1v) is 12.3. The summed E-state index contributed by atoms with van der Waals surface area (Å²) in [4.78, 5) is 8.19. The Bertz CT molecular complexity index is 1150. The van der Waals surface area contributed by atoms with E-state index in [1.54, 1.807) is 13.1 Å². The SMILES string of the molecule is C/C=C1/C/C(Cl)=C(CC2=CN=C(C(F)(F)F)CC2)\C=N/C/C1=C/C/C=C(\C)C/C(C)=C/C=C(\C)C#N. The molecule has 7 heteroatoms. The molecule has 0 fully saturated rings. The van der Waals surface area contributed by atoms with Crippen LogP contribution in [0.1, 0.15) is 66.2 Å². The van der Waals surface area contributed by atoms with Gasteiger partial charge in [0.05, 0.1) is 12.6 Å². The number of hydrogen-bond acceptors (Lipinski definition) is 3. The lowest BCUT2D eigenvalue weighted by Crippen LogP contribution is -2.24. The molecule has 2 aliphatic heterocycles. The van der Waals surface area contributed by atoms with Gasteiger partial charge in [0.15, 0.2) is 0 Å². The molecule has 0 aliphatic carbocycles. The zero-order valence-corrected chi connectivity index (χ0v) is 22.1. The van der Waals surface area contributed by atoms with Crippen molar-refractivity contribution in [2.24, 2.45) is 9.98 Å². The van der Waals surface area contributed by atoms with Crippen LogP contribution in [0, 0.1) is 11.3 Å². The van der Waals surface area contributed by atoms with E-state index in [1.807, 2.05) is 25.2 Å². The quantitative estimate of drug-likeness (QED) is 0.189. The molecule has 192 valence electrons. The van der Waals surface area contributed by atoms with Crippen LogP contribution in [0.4, 0.5) is 13.2 Å². The number of alkyl halides is 3. The lowest BCUT2D eigenvalue weighted by atomic mass is 9.94. The number of halogens is 4. The molecular formula is C29H33ClF3N3. The normalized spacial score (nSPS) is 23.7. The summed E-state index contributed by atoms with van der Waals surface area (Å²) < 4.78 is 38.5. The van der Waals surface area contributed by atoms with Crippen molar-refractivity contribution >= 4 is 23.5 Å². The third kappa shape index (κ3) is 9.62. The van der Waals surface area contributed by atoms with Crippen molar-refractivity contribution < 1.29 is 13.2 Å². The predicted molar refractivity (Wildman–Crippen MR) is 144 cm³/mol. The van der Waals surface area contributed by atoms with Crippen molar-refractivity contribution in [2.45, 2.75) is 72.4 Å². The number of hydrogen-bond donors (Lipinski definition) is 0. The molecule has 0 aromatic rings. The van der Waals surface area contributed by atoms with Crippen molar-refractivity contribution in [1.82, 2.24) is 0 Å². The molecule has 0 amide bonds. The van der Waals surface area contributed by atoms with Crippen LogP contribution < -0.4 is 0 Å². The van der Waals surface area contributed by atoms with E-state index in [2.05, 4.69) is 42.1 Å². The molecule has 2 aliphatic rings. The third-order valence-corrected chi connectivity index (χ3v) is 6.35. The molecule has 0 aromatic carbocycles. The Morgan fingerprint density at radius 1 is 1.14 bits per heavy atom. The van der Waals surface area contributed by atoms with E-state index in [1.165, 1.54) is 17.3 Å². The summed E-state index contributed by atoms with van der Waals surface area (Å²) in [7, 11) is 0. The standard InChI is InChI=1S/C29H33ClF3N3/c1-5-24-15-27(30)26(14-23-11-12-28(36-17-23)29(31,32)33)19-35-18-25(24)8-6-7-20(2)13-21(3)9-10-22(4)16-34/h5,7-10,17,19H,6,11-15,18H2,1-4H3/b20-7+,21-9+,22-10+,24-5-,25-8-,27-26+,35-19-. The van der Waals surface area contributed by atoms with Crippen LogP contribution in [-0.4, -0.2) is 24.6 Å². The molecular weight excluding hydrogens is 483 g/mol. The van der Waals surface area contributed by atoms with Gasteiger partial charge in [-0.05, 0) is 88.2 Å².